The van der Waals surface area contributed by atoms with E-state index in [2.05, 4.69) is 11.9 Å². The van der Waals surface area contributed by atoms with Crippen molar-refractivity contribution in [1.29, 1.82) is 0 Å². The zero-order valence-corrected chi connectivity index (χ0v) is 9.32. The second-order valence-electron chi connectivity index (χ2n) is 3.68. The lowest BCUT2D eigenvalue weighted by molar-refractivity contribution is 0.0158. The highest BCUT2D eigenvalue weighted by Crippen LogP contribution is 2.26. The van der Waals surface area contributed by atoms with Crippen LogP contribution in [0.1, 0.15) is 45.9 Å². The lowest BCUT2D eigenvalue weighted by atomic mass is 9.96. The number of hydrogen-bond donors (Lipinski definition) is 1. The Morgan fingerprint density at radius 1 is 1.36 bits per heavy atom. The third kappa shape index (κ3) is 1.98. The molecule has 1 rings (SSSR count). The van der Waals surface area contributed by atoms with E-state index in [1.165, 1.54) is 0 Å². The molecule has 0 aliphatic rings. The molecular formula is C11H20N2O. The Morgan fingerprint density at radius 3 is 2.50 bits per heavy atom. The number of rotatable bonds is 5. The number of nitrogens with zero attached hydrogens (tertiary/aromatic N) is 2. The average molecular weight is 196 g/mol. The number of aliphatic hydroxyl groups is 1. The van der Waals surface area contributed by atoms with Gasteiger partial charge in [0.05, 0.1) is 0 Å². The fraction of sp³-hybridized carbons (Fsp3) is 0.727. The van der Waals surface area contributed by atoms with E-state index in [0.29, 0.717) is 12.8 Å². The molecule has 1 aromatic heterocycles. The van der Waals surface area contributed by atoms with Crippen molar-refractivity contribution in [3.63, 3.8) is 0 Å². The predicted octanol–water partition coefficient (Wildman–Crippen LogP) is 2.30. The van der Waals surface area contributed by atoms with Gasteiger partial charge in [0.25, 0.3) is 0 Å². The fourth-order valence-electron chi connectivity index (χ4n) is 1.70. The molecule has 0 aliphatic carbocycles. The largest absolute Gasteiger partial charge is 0.382 e. The quantitative estimate of drug-likeness (QED) is 0.784. The van der Waals surface area contributed by atoms with Crippen molar-refractivity contribution >= 4 is 0 Å². The molecule has 80 valence electrons. The minimum atomic E-state index is -0.751. The predicted molar refractivity (Wildman–Crippen MR) is 57.0 cm³/mol. The lowest BCUT2D eigenvalue weighted by Gasteiger charge is -2.25. The fourth-order valence-corrected chi connectivity index (χ4v) is 1.70. The highest BCUT2D eigenvalue weighted by Gasteiger charge is 2.29. The van der Waals surface area contributed by atoms with Gasteiger partial charge < -0.3 is 9.67 Å². The SMILES string of the molecule is CCCn1ccnc1C(O)(CC)CC. The normalized spacial score (nSPS) is 12.0. The number of imidazole rings is 1. The first-order chi connectivity index (χ1) is 6.68. The Labute approximate surface area is 85.8 Å². The molecule has 0 saturated heterocycles. The molecule has 0 amide bonds. The molecule has 3 nitrogen and oxygen atoms in total. The van der Waals surface area contributed by atoms with Gasteiger partial charge in [0, 0.05) is 18.9 Å². The van der Waals surface area contributed by atoms with Crippen LogP contribution in [0, 0.1) is 0 Å². The summed E-state index contributed by atoms with van der Waals surface area (Å²) in [6.45, 7) is 7.04. The maximum Gasteiger partial charge on any atom is 0.140 e. The van der Waals surface area contributed by atoms with E-state index in [1.54, 1.807) is 6.20 Å². The number of aromatic nitrogens is 2. The summed E-state index contributed by atoms with van der Waals surface area (Å²) in [5.74, 6) is 0.810. The summed E-state index contributed by atoms with van der Waals surface area (Å²) in [6, 6.07) is 0. The van der Waals surface area contributed by atoms with Crippen LogP contribution in [0.5, 0.6) is 0 Å². The highest BCUT2D eigenvalue weighted by molar-refractivity contribution is 5.04. The third-order valence-corrected chi connectivity index (χ3v) is 2.77. The van der Waals surface area contributed by atoms with Crippen LogP contribution in [0.15, 0.2) is 12.4 Å². The summed E-state index contributed by atoms with van der Waals surface area (Å²) in [5, 5.41) is 10.3. The Morgan fingerprint density at radius 2 is 2.00 bits per heavy atom. The molecule has 3 heteroatoms. The second kappa shape index (κ2) is 4.60. The molecule has 1 N–H and O–H groups in total. The molecular weight excluding hydrogens is 176 g/mol. The van der Waals surface area contributed by atoms with Gasteiger partial charge in [-0.3, -0.25) is 0 Å². The first kappa shape index (κ1) is 11.2. The molecule has 0 bridgehead atoms. The lowest BCUT2D eigenvalue weighted by Crippen LogP contribution is -2.28. The molecule has 0 saturated carbocycles. The van der Waals surface area contributed by atoms with Gasteiger partial charge in [0.1, 0.15) is 11.4 Å². The third-order valence-electron chi connectivity index (χ3n) is 2.77. The molecule has 0 radical (unpaired) electrons. The average Bonchev–Trinajstić information content (AvgIpc) is 2.66. The van der Waals surface area contributed by atoms with Crippen molar-refractivity contribution in [2.75, 3.05) is 0 Å². The monoisotopic (exact) mass is 196 g/mol. The standard InChI is InChI=1S/C11H20N2O/c1-4-8-13-9-7-12-10(13)11(14,5-2)6-3/h7,9,14H,4-6,8H2,1-3H3. The molecule has 0 fully saturated rings. The van der Waals surface area contributed by atoms with Crippen LogP contribution < -0.4 is 0 Å². The zero-order valence-electron chi connectivity index (χ0n) is 9.32. The Hall–Kier alpha value is -0.830. The van der Waals surface area contributed by atoms with Crippen molar-refractivity contribution in [2.24, 2.45) is 0 Å². The van der Waals surface area contributed by atoms with E-state index in [0.717, 1.165) is 18.8 Å². The summed E-state index contributed by atoms with van der Waals surface area (Å²) >= 11 is 0. The van der Waals surface area contributed by atoms with Crippen LogP contribution in [0.4, 0.5) is 0 Å². The van der Waals surface area contributed by atoms with Crippen molar-refractivity contribution in [1.82, 2.24) is 9.55 Å². The minimum absolute atomic E-state index is 0.713. The maximum absolute atomic E-state index is 10.3. The van der Waals surface area contributed by atoms with Gasteiger partial charge in [-0.2, -0.15) is 0 Å². The second-order valence-corrected chi connectivity index (χ2v) is 3.68. The molecule has 0 atom stereocenters. The summed E-state index contributed by atoms with van der Waals surface area (Å²) in [5.41, 5.74) is -0.751. The highest BCUT2D eigenvalue weighted by atomic mass is 16.3. The maximum atomic E-state index is 10.3. The molecule has 0 aliphatic heterocycles. The first-order valence-electron chi connectivity index (χ1n) is 5.42. The van der Waals surface area contributed by atoms with Crippen molar-refractivity contribution in [3.8, 4) is 0 Å². The smallest absolute Gasteiger partial charge is 0.140 e. The van der Waals surface area contributed by atoms with Crippen LogP contribution in [-0.2, 0) is 12.1 Å². The topological polar surface area (TPSA) is 38.0 Å². The Kier molecular flexibility index (Phi) is 3.69. The van der Waals surface area contributed by atoms with Gasteiger partial charge >= 0.3 is 0 Å². The molecule has 0 unspecified atom stereocenters. The summed E-state index contributed by atoms with van der Waals surface area (Å²) < 4.78 is 2.05. The van der Waals surface area contributed by atoms with Crippen LogP contribution >= 0.6 is 0 Å². The van der Waals surface area contributed by atoms with Crippen molar-refractivity contribution < 1.29 is 5.11 Å². The van der Waals surface area contributed by atoms with Gasteiger partial charge in [-0.25, -0.2) is 4.98 Å². The summed E-state index contributed by atoms with van der Waals surface area (Å²) in [7, 11) is 0. The van der Waals surface area contributed by atoms with Crippen molar-refractivity contribution in [3.05, 3.63) is 18.2 Å². The van der Waals surface area contributed by atoms with E-state index >= 15 is 0 Å². The summed E-state index contributed by atoms with van der Waals surface area (Å²) in [6.07, 6.45) is 6.19. The first-order valence-corrected chi connectivity index (χ1v) is 5.42. The van der Waals surface area contributed by atoms with Crippen LogP contribution in [0.2, 0.25) is 0 Å². The molecule has 1 aromatic rings. The summed E-state index contributed by atoms with van der Waals surface area (Å²) in [4.78, 5) is 4.26. The number of hydrogen-bond acceptors (Lipinski definition) is 2. The van der Waals surface area contributed by atoms with E-state index in [-0.39, 0.29) is 0 Å². The Bertz CT molecular complexity index is 277. The van der Waals surface area contributed by atoms with E-state index in [4.69, 9.17) is 0 Å². The van der Waals surface area contributed by atoms with Crippen LogP contribution in [0.25, 0.3) is 0 Å². The van der Waals surface area contributed by atoms with Crippen LogP contribution in [0.3, 0.4) is 0 Å². The van der Waals surface area contributed by atoms with Gasteiger partial charge in [-0.15, -0.1) is 0 Å². The van der Waals surface area contributed by atoms with Gasteiger partial charge in [-0.05, 0) is 19.3 Å². The van der Waals surface area contributed by atoms with E-state index < -0.39 is 5.60 Å². The Balaban J connectivity index is 2.97. The molecule has 1 heterocycles. The van der Waals surface area contributed by atoms with E-state index in [9.17, 15) is 5.11 Å². The minimum Gasteiger partial charge on any atom is -0.382 e. The molecule has 0 spiro atoms. The molecule has 0 aromatic carbocycles. The van der Waals surface area contributed by atoms with Gasteiger partial charge in [0.2, 0.25) is 0 Å². The number of aryl methyl sites for hydroxylation is 1. The molecule has 14 heavy (non-hydrogen) atoms. The van der Waals surface area contributed by atoms with Crippen molar-refractivity contribution in [2.45, 2.75) is 52.2 Å². The zero-order chi connectivity index (χ0) is 10.6. The van der Waals surface area contributed by atoms with Gasteiger partial charge in [-0.1, -0.05) is 20.8 Å². The van der Waals surface area contributed by atoms with Gasteiger partial charge in [0.15, 0.2) is 0 Å². The van der Waals surface area contributed by atoms with Crippen LogP contribution in [-0.4, -0.2) is 14.7 Å². The van der Waals surface area contributed by atoms with E-state index in [1.807, 2.05) is 24.6 Å².